The first-order valence-electron chi connectivity index (χ1n) is 4.79. The van der Waals surface area contributed by atoms with Crippen molar-refractivity contribution in [2.24, 2.45) is 0 Å². The van der Waals surface area contributed by atoms with Crippen LogP contribution in [-0.4, -0.2) is 19.3 Å². The summed E-state index contributed by atoms with van der Waals surface area (Å²) < 4.78 is 37.3. The van der Waals surface area contributed by atoms with Gasteiger partial charge in [-0.05, 0) is 25.6 Å². The zero-order valence-corrected chi connectivity index (χ0v) is 9.50. The highest BCUT2D eigenvalue weighted by molar-refractivity contribution is 7.11. The molecule has 0 saturated heterocycles. The second-order valence-corrected chi connectivity index (χ2v) is 4.56. The third kappa shape index (κ3) is 3.50. The molecule has 1 heterocycles. The maximum Gasteiger partial charge on any atom is 0.404 e. The molecule has 0 radical (unpaired) electrons. The molecule has 1 N–H and O–H groups in total. The zero-order valence-electron chi connectivity index (χ0n) is 8.69. The SMILES string of the molecule is CCc1ccc(CC(NC)C(F)(F)F)s1. The standard InChI is InChI=1S/C10H14F3NS/c1-3-7-4-5-8(15-7)6-9(14-2)10(11,12)13/h4-5,9,14H,3,6H2,1-2H3. The third-order valence-corrected chi connectivity index (χ3v) is 3.47. The van der Waals surface area contributed by atoms with Crippen molar-refractivity contribution in [3.63, 3.8) is 0 Å². The van der Waals surface area contributed by atoms with Gasteiger partial charge in [0, 0.05) is 16.2 Å². The Balaban J connectivity index is 2.67. The molecule has 15 heavy (non-hydrogen) atoms. The number of aryl methyl sites for hydroxylation is 1. The number of thiophene rings is 1. The number of nitrogens with one attached hydrogen (secondary N) is 1. The van der Waals surface area contributed by atoms with Gasteiger partial charge in [-0.15, -0.1) is 11.3 Å². The van der Waals surface area contributed by atoms with Gasteiger partial charge in [-0.1, -0.05) is 6.92 Å². The van der Waals surface area contributed by atoms with Gasteiger partial charge in [-0.25, -0.2) is 0 Å². The lowest BCUT2D eigenvalue weighted by molar-refractivity contribution is -0.154. The maximum absolute atomic E-state index is 12.4. The lowest BCUT2D eigenvalue weighted by atomic mass is 10.2. The second-order valence-electron chi connectivity index (χ2n) is 3.31. The molecule has 1 nitrogen and oxygen atoms in total. The number of rotatable bonds is 4. The molecule has 1 aromatic rings. The van der Waals surface area contributed by atoms with Crippen molar-refractivity contribution in [1.29, 1.82) is 0 Å². The van der Waals surface area contributed by atoms with Crippen molar-refractivity contribution in [3.8, 4) is 0 Å². The van der Waals surface area contributed by atoms with E-state index in [1.165, 1.54) is 18.4 Å². The van der Waals surface area contributed by atoms with Crippen LogP contribution in [0.1, 0.15) is 16.7 Å². The fourth-order valence-electron chi connectivity index (χ4n) is 1.30. The topological polar surface area (TPSA) is 12.0 Å². The molecule has 0 aliphatic rings. The van der Waals surface area contributed by atoms with Crippen LogP contribution < -0.4 is 5.32 Å². The second kappa shape index (κ2) is 4.99. The first kappa shape index (κ1) is 12.5. The lowest BCUT2D eigenvalue weighted by Gasteiger charge is -2.18. The Labute approximate surface area is 91.3 Å². The average molecular weight is 237 g/mol. The minimum Gasteiger partial charge on any atom is -0.309 e. The molecule has 0 aromatic carbocycles. The molecule has 86 valence electrons. The van der Waals surface area contributed by atoms with E-state index in [1.807, 2.05) is 13.0 Å². The smallest absolute Gasteiger partial charge is 0.309 e. The Morgan fingerprint density at radius 3 is 2.33 bits per heavy atom. The molecular formula is C10H14F3NS. The third-order valence-electron chi connectivity index (χ3n) is 2.21. The van der Waals surface area contributed by atoms with Gasteiger partial charge in [-0.2, -0.15) is 13.2 Å². The van der Waals surface area contributed by atoms with E-state index in [9.17, 15) is 13.2 Å². The van der Waals surface area contributed by atoms with Crippen molar-refractivity contribution >= 4 is 11.3 Å². The lowest BCUT2D eigenvalue weighted by Crippen LogP contribution is -2.41. The van der Waals surface area contributed by atoms with Crippen LogP contribution in [0, 0.1) is 0 Å². The summed E-state index contributed by atoms with van der Waals surface area (Å²) in [5.41, 5.74) is 0. The van der Waals surface area contributed by atoms with E-state index in [0.717, 1.165) is 16.2 Å². The van der Waals surface area contributed by atoms with Gasteiger partial charge in [0.1, 0.15) is 6.04 Å². The first-order chi connectivity index (χ1) is 6.97. The van der Waals surface area contributed by atoms with E-state index in [0.29, 0.717) is 0 Å². The van der Waals surface area contributed by atoms with Gasteiger partial charge in [0.25, 0.3) is 0 Å². The fraction of sp³-hybridized carbons (Fsp3) is 0.600. The first-order valence-corrected chi connectivity index (χ1v) is 5.60. The van der Waals surface area contributed by atoms with Crippen molar-refractivity contribution in [3.05, 3.63) is 21.9 Å². The summed E-state index contributed by atoms with van der Waals surface area (Å²) in [5.74, 6) is 0. The van der Waals surface area contributed by atoms with Crippen LogP contribution in [0.25, 0.3) is 0 Å². The van der Waals surface area contributed by atoms with E-state index >= 15 is 0 Å². The minimum absolute atomic E-state index is 0.0185. The van der Waals surface area contributed by atoms with E-state index < -0.39 is 12.2 Å². The number of likely N-dealkylation sites (N-methyl/N-ethyl adjacent to an activating group) is 1. The quantitative estimate of drug-likeness (QED) is 0.848. The molecule has 5 heteroatoms. The van der Waals surface area contributed by atoms with E-state index in [2.05, 4.69) is 5.32 Å². The summed E-state index contributed by atoms with van der Waals surface area (Å²) in [6.45, 7) is 1.99. The predicted octanol–water partition coefficient (Wildman–Crippen LogP) is 3.00. The number of hydrogen-bond donors (Lipinski definition) is 1. The summed E-state index contributed by atoms with van der Waals surface area (Å²) in [6, 6.07) is 2.23. The monoisotopic (exact) mass is 237 g/mol. The number of hydrogen-bond acceptors (Lipinski definition) is 2. The summed E-state index contributed by atoms with van der Waals surface area (Å²) in [5, 5.41) is 2.30. The molecule has 1 aromatic heterocycles. The molecule has 0 spiro atoms. The Bertz CT molecular complexity index is 306. The van der Waals surface area contributed by atoms with E-state index in [-0.39, 0.29) is 6.42 Å². The van der Waals surface area contributed by atoms with Crippen LogP contribution in [0.15, 0.2) is 12.1 Å². The Kier molecular flexibility index (Phi) is 4.16. The van der Waals surface area contributed by atoms with Crippen molar-refractivity contribution in [2.75, 3.05) is 7.05 Å². The van der Waals surface area contributed by atoms with Crippen LogP contribution in [0.5, 0.6) is 0 Å². The van der Waals surface area contributed by atoms with Crippen LogP contribution in [0.3, 0.4) is 0 Å². The van der Waals surface area contributed by atoms with Gasteiger partial charge < -0.3 is 5.32 Å². The van der Waals surface area contributed by atoms with Crippen molar-refractivity contribution in [1.82, 2.24) is 5.32 Å². The van der Waals surface area contributed by atoms with E-state index in [4.69, 9.17) is 0 Å². The normalized spacial score (nSPS) is 14.2. The summed E-state index contributed by atoms with van der Waals surface area (Å²) in [6.07, 6.45) is -3.28. The Hall–Kier alpha value is -0.550. The Morgan fingerprint density at radius 2 is 1.93 bits per heavy atom. The highest BCUT2D eigenvalue weighted by Gasteiger charge is 2.38. The molecule has 0 fully saturated rings. The molecular weight excluding hydrogens is 223 g/mol. The van der Waals surface area contributed by atoms with Gasteiger partial charge in [0.2, 0.25) is 0 Å². The van der Waals surface area contributed by atoms with Gasteiger partial charge >= 0.3 is 6.18 Å². The molecule has 1 atom stereocenters. The van der Waals surface area contributed by atoms with Crippen molar-refractivity contribution < 1.29 is 13.2 Å². The van der Waals surface area contributed by atoms with Crippen LogP contribution in [0.2, 0.25) is 0 Å². The average Bonchev–Trinajstić information content (AvgIpc) is 2.59. The molecule has 0 bridgehead atoms. The zero-order chi connectivity index (χ0) is 11.5. The largest absolute Gasteiger partial charge is 0.404 e. The van der Waals surface area contributed by atoms with Crippen LogP contribution in [-0.2, 0) is 12.8 Å². The number of halogens is 3. The Morgan fingerprint density at radius 1 is 1.33 bits per heavy atom. The molecule has 0 saturated carbocycles. The maximum atomic E-state index is 12.4. The number of alkyl halides is 3. The molecule has 1 unspecified atom stereocenters. The summed E-state index contributed by atoms with van der Waals surface area (Å²) in [7, 11) is 1.34. The summed E-state index contributed by atoms with van der Waals surface area (Å²) >= 11 is 1.45. The van der Waals surface area contributed by atoms with E-state index in [1.54, 1.807) is 6.07 Å². The predicted molar refractivity (Wildman–Crippen MR) is 56.3 cm³/mol. The van der Waals surface area contributed by atoms with Gasteiger partial charge in [0.05, 0.1) is 0 Å². The minimum atomic E-state index is -4.18. The molecule has 1 rings (SSSR count). The summed E-state index contributed by atoms with van der Waals surface area (Å²) in [4.78, 5) is 1.91. The molecule has 0 aliphatic heterocycles. The van der Waals surface area contributed by atoms with Crippen LogP contribution in [0.4, 0.5) is 13.2 Å². The molecule has 0 aliphatic carbocycles. The molecule has 0 amide bonds. The van der Waals surface area contributed by atoms with Crippen molar-refractivity contribution in [2.45, 2.75) is 32.0 Å². The highest BCUT2D eigenvalue weighted by Crippen LogP contribution is 2.26. The fourth-order valence-corrected chi connectivity index (χ4v) is 2.31. The van der Waals surface area contributed by atoms with Gasteiger partial charge in [0.15, 0.2) is 0 Å². The highest BCUT2D eigenvalue weighted by atomic mass is 32.1. The van der Waals surface area contributed by atoms with Gasteiger partial charge in [-0.3, -0.25) is 0 Å². The van der Waals surface area contributed by atoms with Crippen LogP contribution >= 0.6 is 11.3 Å².